The molecule has 2 aromatic rings. The van der Waals surface area contributed by atoms with E-state index in [1.807, 2.05) is 25.1 Å². The van der Waals surface area contributed by atoms with Crippen LogP contribution in [0.15, 0.2) is 36.4 Å². The number of hydrogen-bond donors (Lipinski definition) is 1. The van der Waals surface area contributed by atoms with Crippen molar-refractivity contribution < 1.29 is 14.3 Å². The first-order chi connectivity index (χ1) is 11.1. The maximum absolute atomic E-state index is 12.3. The first-order valence-electron chi connectivity index (χ1n) is 7.26. The summed E-state index contributed by atoms with van der Waals surface area (Å²) in [6.07, 6.45) is 1.79. The smallest absolute Gasteiger partial charge is 0.256 e. The largest absolute Gasteiger partial charge is 0.492 e. The van der Waals surface area contributed by atoms with Crippen molar-refractivity contribution in [3.05, 3.63) is 52.5 Å². The maximum Gasteiger partial charge on any atom is 0.256 e. The van der Waals surface area contributed by atoms with E-state index in [9.17, 15) is 4.79 Å². The molecule has 1 N–H and O–H groups in total. The molecule has 3 rings (SSSR count). The van der Waals surface area contributed by atoms with Crippen LogP contribution in [0.5, 0.6) is 11.5 Å². The van der Waals surface area contributed by atoms with E-state index in [-0.39, 0.29) is 5.91 Å². The lowest BCUT2D eigenvalue weighted by Gasteiger charge is -2.12. The molecule has 0 atom stereocenters. The van der Waals surface area contributed by atoms with Crippen molar-refractivity contribution in [1.29, 1.82) is 0 Å². The Hall–Kier alpha value is -2.46. The summed E-state index contributed by atoms with van der Waals surface area (Å²) < 4.78 is 11.0. The number of amides is 1. The number of nitrogens with one attached hydrogen (secondary N) is 1. The average molecular weight is 330 g/mol. The highest BCUT2D eigenvalue weighted by atomic mass is 35.5. The van der Waals surface area contributed by atoms with Gasteiger partial charge in [-0.1, -0.05) is 23.7 Å². The van der Waals surface area contributed by atoms with E-state index in [1.165, 1.54) is 0 Å². The highest BCUT2D eigenvalue weighted by Crippen LogP contribution is 2.38. The Kier molecular flexibility index (Phi) is 4.26. The quantitative estimate of drug-likeness (QED) is 0.853. The summed E-state index contributed by atoms with van der Waals surface area (Å²) >= 11 is 6.05. The maximum atomic E-state index is 12.3. The number of ether oxygens (including phenoxy) is 2. The molecule has 5 heteroatoms. The number of halogens is 1. The molecule has 2 aromatic carbocycles. The summed E-state index contributed by atoms with van der Waals surface area (Å²) in [5.74, 6) is 1.09. The zero-order valence-corrected chi connectivity index (χ0v) is 13.6. The predicted octanol–water partition coefficient (Wildman–Crippen LogP) is 4.24. The average Bonchev–Trinajstić information content (AvgIpc) is 2.84. The minimum atomic E-state index is -0.161. The summed E-state index contributed by atoms with van der Waals surface area (Å²) in [5, 5.41) is 3.42. The minimum absolute atomic E-state index is 0.161. The highest BCUT2D eigenvalue weighted by molar-refractivity contribution is 6.36. The van der Waals surface area contributed by atoms with Gasteiger partial charge in [0.2, 0.25) is 0 Å². The molecule has 1 aliphatic heterocycles. The number of para-hydroxylation sites is 1. The molecule has 0 bridgehead atoms. The number of fused-ring (bicyclic) bond motifs is 1. The van der Waals surface area contributed by atoms with Crippen LogP contribution < -0.4 is 14.8 Å². The van der Waals surface area contributed by atoms with Crippen LogP contribution in [-0.4, -0.2) is 19.6 Å². The molecular weight excluding hydrogens is 314 g/mol. The molecule has 0 radical (unpaired) electrons. The number of methoxy groups -OCH3 is 1. The topological polar surface area (TPSA) is 47.6 Å². The lowest BCUT2D eigenvalue weighted by Crippen LogP contribution is -2.04. The third-order valence-corrected chi connectivity index (χ3v) is 3.81. The monoisotopic (exact) mass is 329 g/mol. The number of carbonyl (C=O) groups is 1. The van der Waals surface area contributed by atoms with Gasteiger partial charge in [0.1, 0.15) is 0 Å². The Morgan fingerprint density at radius 3 is 2.83 bits per heavy atom. The fourth-order valence-corrected chi connectivity index (χ4v) is 2.77. The highest BCUT2D eigenvalue weighted by Gasteiger charge is 2.25. The van der Waals surface area contributed by atoms with Crippen molar-refractivity contribution in [2.75, 3.05) is 19.0 Å². The van der Waals surface area contributed by atoms with Crippen molar-refractivity contribution in [1.82, 2.24) is 0 Å². The van der Waals surface area contributed by atoms with Gasteiger partial charge in [-0.05, 0) is 37.3 Å². The summed E-state index contributed by atoms with van der Waals surface area (Å²) in [5.41, 5.74) is 2.86. The zero-order valence-electron chi connectivity index (χ0n) is 12.9. The fourth-order valence-electron chi connectivity index (χ4n) is 2.59. The molecule has 1 aliphatic rings. The third-order valence-electron chi connectivity index (χ3n) is 3.58. The van der Waals surface area contributed by atoms with Gasteiger partial charge in [0.05, 0.1) is 13.7 Å². The van der Waals surface area contributed by atoms with Gasteiger partial charge in [-0.15, -0.1) is 0 Å². The van der Waals surface area contributed by atoms with E-state index in [0.29, 0.717) is 28.7 Å². The van der Waals surface area contributed by atoms with Crippen molar-refractivity contribution in [3.8, 4) is 11.5 Å². The first kappa shape index (κ1) is 15.4. The second-order valence-electron chi connectivity index (χ2n) is 5.01. The normalized spacial score (nSPS) is 14.6. The van der Waals surface area contributed by atoms with Gasteiger partial charge in [-0.2, -0.15) is 0 Å². The van der Waals surface area contributed by atoms with Gasteiger partial charge >= 0.3 is 0 Å². The summed E-state index contributed by atoms with van der Waals surface area (Å²) in [6, 6.07) is 10.9. The van der Waals surface area contributed by atoms with Crippen LogP contribution in [0.25, 0.3) is 11.6 Å². The standard InChI is InChI=1S/C18H16ClNO3/c1-3-23-16-6-4-5-11(17(16)22-2)9-14-13-10-12(19)7-8-15(13)20-18(14)21/h4-10H,3H2,1-2H3,(H,20,21)/b14-9+. The summed E-state index contributed by atoms with van der Waals surface area (Å²) in [4.78, 5) is 12.3. The van der Waals surface area contributed by atoms with Crippen LogP contribution in [-0.2, 0) is 4.79 Å². The van der Waals surface area contributed by atoms with Gasteiger partial charge < -0.3 is 14.8 Å². The van der Waals surface area contributed by atoms with Gasteiger partial charge in [-0.3, -0.25) is 4.79 Å². The van der Waals surface area contributed by atoms with Crippen LogP contribution in [0.2, 0.25) is 5.02 Å². The Morgan fingerprint density at radius 2 is 2.09 bits per heavy atom. The van der Waals surface area contributed by atoms with Crippen molar-refractivity contribution in [3.63, 3.8) is 0 Å². The molecule has 118 valence electrons. The van der Waals surface area contributed by atoms with Gasteiger partial charge in [0.15, 0.2) is 11.5 Å². The zero-order chi connectivity index (χ0) is 16.4. The summed E-state index contributed by atoms with van der Waals surface area (Å²) in [7, 11) is 1.58. The SMILES string of the molecule is CCOc1cccc(/C=C2/C(=O)Nc3ccc(Cl)cc32)c1OC. The first-order valence-corrected chi connectivity index (χ1v) is 7.64. The van der Waals surface area contributed by atoms with Gasteiger partial charge in [0.25, 0.3) is 5.91 Å². The molecule has 1 heterocycles. The minimum Gasteiger partial charge on any atom is -0.492 e. The Bertz CT molecular complexity index is 799. The fraction of sp³-hybridized carbons (Fsp3) is 0.167. The molecule has 0 fully saturated rings. The van der Waals surface area contributed by atoms with Gasteiger partial charge in [0, 0.05) is 27.4 Å². The molecule has 0 saturated carbocycles. The number of carbonyl (C=O) groups excluding carboxylic acids is 1. The number of benzene rings is 2. The lowest BCUT2D eigenvalue weighted by atomic mass is 10.0. The van der Waals surface area contributed by atoms with Crippen LogP contribution in [0.3, 0.4) is 0 Å². The van der Waals surface area contributed by atoms with E-state index >= 15 is 0 Å². The van der Waals surface area contributed by atoms with Crippen molar-refractivity contribution in [2.24, 2.45) is 0 Å². The van der Waals surface area contributed by atoms with E-state index < -0.39 is 0 Å². The Morgan fingerprint density at radius 1 is 1.26 bits per heavy atom. The van der Waals surface area contributed by atoms with Crippen LogP contribution in [0.1, 0.15) is 18.1 Å². The van der Waals surface area contributed by atoms with E-state index in [1.54, 1.807) is 31.4 Å². The molecule has 4 nitrogen and oxygen atoms in total. The molecule has 0 spiro atoms. The second-order valence-corrected chi connectivity index (χ2v) is 5.45. The van der Waals surface area contributed by atoms with Crippen LogP contribution in [0.4, 0.5) is 5.69 Å². The predicted molar refractivity (Wildman–Crippen MR) is 92.1 cm³/mol. The number of hydrogen-bond acceptors (Lipinski definition) is 3. The third kappa shape index (κ3) is 2.90. The molecule has 1 amide bonds. The van der Waals surface area contributed by atoms with E-state index in [2.05, 4.69) is 5.32 Å². The molecule has 0 aromatic heterocycles. The Balaban J connectivity index is 2.11. The molecule has 23 heavy (non-hydrogen) atoms. The summed E-state index contributed by atoms with van der Waals surface area (Å²) in [6.45, 7) is 2.45. The number of rotatable bonds is 4. The van der Waals surface area contributed by atoms with E-state index in [0.717, 1.165) is 16.8 Å². The van der Waals surface area contributed by atoms with Gasteiger partial charge in [-0.25, -0.2) is 0 Å². The second kappa shape index (κ2) is 6.34. The molecule has 0 unspecified atom stereocenters. The number of anilines is 1. The molecular formula is C18H16ClNO3. The Labute approximate surface area is 139 Å². The van der Waals surface area contributed by atoms with Crippen molar-refractivity contribution in [2.45, 2.75) is 6.92 Å². The lowest BCUT2D eigenvalue weighted by molar-refractivity contribution is -0.110. The van der Waals surface area contributed by atoms with Crippen molar-refractivity contribution >= 4 is 34.8 Å². The van der Waals surface area contributed by atoms with Crippen LogP contribution in [0, 0.1) is 0 Å². The van der Waals surface area contributed by atoms with E-state index in [4.69, 9.17) is 21.1 Å². The molecule has 0 aliphatic carbocycles. The molecule has 0 saturated heterocycles. The van der Waals surface area contributed by atoms with Crippen LogP contribution >= 0.6 is 11.6 Å².